The van der Waals surface area contributed by atoms with Crippen molar-refractivity contribution < 1.29 is 37.0 Å². The van der Waals surface area contributed by atoms with Gasteiger partial charge in [0.05, 0.1) is 36.0 Å². The van der Waals surface area contributed by atoms with Gasteiger partial charge in [-0.1, -0.05) is 0 Å². The molecule has 46 heavy (non-hydrogen) atoms. The third-order valence-corrected chi connectivity index (χ3v) is 7.74. The molecule has 0 aliphatic carbocycles. The van der Waals surface area contributed by atoms with E-state index in [-0.39, 0.29) is 36.6 Å². The molecule has 3 atom stereocenters. The lowest BCUT2D eigenvalue weighted by atomic mass is 9.84. The smallest absolute Gasteiger partial charge is 0.333 e. The number of alkyl halides is 2. The number of aliphatic hydroxyl groups is 1. The summed E-state index contributed by atoms with van der Waals surface area (Å²) in [6.07, 6.45) is -0.473. The normalized spacial score (nSPS) is 18.1. The van der Waals surface area contributed by atoms with Crippen molar-refractivity contribution in [1.82, 2.24) is 29.8 Å². The van der Waals surface area contributed by atoms with Gasteiger partial charge in [-0.2, -0.15) is 0 Å². The minimum absolute atomic E-state index is 0.00170. The summed E-state index contributed by atoms with van der Waals surface area (Å²) >= 11 is 0. The molecule has 0 bridgehead atoms. The molecule has 13 nitrogen and oxygen atoms in total. The molecule has 6 N–H and O–H groups in total. The van der Waals surface area contributed by atoms with Crippen molar-refractivity contribution in [3.8, 4) is 17.0 Å². The first-order valence-electron chi connectivity index (χ1n) is 14.2. The average Bonchev–Trinajstić information content (AvgIpc) is 3.41. The van der Waals surface area contributed by atoms with Crippen molar-refractivity contribution in [2.24, 2.45) is 5.73 Å². The Balaban J connectivity index is 1.53. The Hall–Kier alpha value is -4.90. The maximum atomic E-state index is 15.4. The number of rotatable bonds is 9. The molecule has 17 heteroatoms. The van der Waals surface area contributed by atoms with Gasteiger partial charge in [0.15, 0.2) is 23.0 Å². The first-order valence-corrected chi connectivity index (χ1v) is 14.2. The number of hydrogen-bond donors (Lipinski definition) is 4. The number of nitrogen functional groups attached to an aromatic ring is 1. The van der Waals surface area contributed by atoms with E-state index in [9.17, 15) is 23.5 Å². The number of imidazole rings is 1. The largest absolute Gasteiger partial charge is 0.422 e. The SMILES string of the molecule is CC(=O)N[C@H](C)C(=O)Oc1cc(F)c(-c2cc(Cn3cnc4c(N)ncnc43)c(N3CCC[C@@](N)([C@H](O)C(F)F)C3)cn2)cc1F. The van der Waals surface area contributed by atoms with Gasteiger partial charge in [0.2, 0.25) is 5.91 Å². The maximum absolute atomic E-state index is 15.4. The number of piperidine rings is 1. The number of pyridine rings is 1. The number of anilines is 2. The van der Waals surface area contributed by atoms with E-state index < -0.39 is 53.4 Å². The number of hydrogen-bond acceptors (Lipinski definition) is 11. The highest BCUT2D eigenvalue weighted by atomic mass is 19.3. The lowest BCUT2D eigenvalue weighted by molar-refractivity contribution is -0.138. The predicted octanol–water partition coefficient (Wildman–Crippen LogP) is 2.15. The number of amides is 1. The van der Waals surface area contributed by atoms with Gasteiger partial charge in [-0.3, -0.25) is 9.78 Å². The van der Waals surface area contributed by atoms with Crippen molar-refractivity contribution in [1.29, 1.82) is 0 Å². The summed E-state index contributed by atoms with van der Waals surface area (Å²) in [5.74, 6) is -4.08. The molecule has 0 unspecified atom stereocenters. The lowest BCUT2D eigenvalue weighted by Crippen LogP contribution is -2.63. The fraction of sp³-hybridized carbons (Fsp3) is 0.379. The molecule has 0 radical (unpaired) electrons. The fourth-order valence-electron chi connectivity index (χ4n) is 5.42. The van der Waals surface area contributed by atoms with Crippen LogP contribution in [0.4, 0.5) is 29.1 Å². The van der Waals surface area contributed by atoms with Gasteiger partial charge >= 0.3 is 5.97 Å². The summed E-state index contributed by atoms with van der Waals surface area (Å²) in [5, 5.41) is 12.5. The standard InChI is InChI=1S/C29H31F4N9O4/c1-14(40-15(2)43)28(45)46-22-8-18(30)17(7-19(22)31)20-6-16(10-42-13-39-23-26(34)37-12-38-27(23)42)21(9-36-20)41-5-3-4-29(35,11-41)24(44)25(32)33/h6-9,12-14,24-25,44H,3-5,10-11,35H2,1-2H3,(H,40,43)(H2,34,37,38)/t14-,24-,29+/m1/s1. The topological polar surface area (TPSA) is 187 Å². The molecular formula is C29H31F4N9O4. The first-order chi connectivity index (χ1) is 21.8. The number of nitrogens with zero attached hydrogens (tertiary/aromatic N) is 6. The van der Waals surface area contributed by atoms with Gasteiger partial charge < -0.3 is 36.1 Å². The summed E-state index contributed by atoms with van der Waals surface area (Å²) in [7, 11) is 0. The van der Waals surface area contributed by atoms with Crippen molar-refractivity contribution in [3.63, 3.8) is 0 Å². The van der Waals surface area contributed by atoms with Crippen molar-refractivity contribution in [2.45, 2.75) is 57.3 Å². The zero-order valence-electron chi connectivity index (χ0n) is 24.8. The van der Waals surface area contributed by atoms with E-state index in [1.54, 1.807) is 9.47 Å². The number of esters is 1. The van der Waals surface area contributed by atoms with Crippen LogP contribution in [0.3, 0.4) is 0 Å². The minimum Gasteiger partial charge on any atom is -0.422 e. The van der Waals surface area contributed by atoms with Crippen molar-refractivity contribution in [2.75, 3.05) is 23.7 Å². The fourth-order valence-corrected chi connectivity index (χ4v) is 5.42. The lowest BCUT2D eigenvalue weighted by Gasteiger charge is -2.44. The van der Waals surface area contributed by atoms with E-state index in [0.29, 0.717) is 41.4 Å². The number of benzene rings is 1. The number of aromatic nitrogens is 5. The summed E-state index contributed by atoms with van der Waals surface area (Å²) in [5.41, 5.74) is 12.0. The number of nitrogens with two attached hydrogens (primary N) is 2. The molecule has 1 amide bonds. The molecule has 0 spiro atoms. The van der Waals surface area contributed by atoms with Gasteiger partial charge in [-0.25, -0.2) is 37.3 Å². The molecular weight excluding hydrogens is 614 g/mol. The summed E-state index contributed by atoms with van der Waals surface area (Å²) in [6.45, 7) is 2.84. The number of halogens is 4. The second kappa shape index (κ2) is 12.8. The van der Waals surface area contributed by atoms with Crippen LogP contribution in [-0.4, -0.2) is 78.7 Å². The van der Waals surface area contributed by atoms with Crippen LogP contribution in [0.5, 0.6) is 5.75 Å². The van der Waals surface area contributed by atoms with Gasteiger partial charge in [0.1, 0.15) is 29.8 Å². The number of carbonyl (C=O) groups excluding carboxylic acids is 2. The number of ether oxygens (including phenoxy) is 1. The Morgan fingerprint density at radius 3 is 2.63 bits per heavy atom. The Labute approximate surface area is 259 Å². The number of fused-ring (bicyclic) bond motifs is 1. The highest BCUT2D eigenvalue weighted by Gasteiger charge is 2.43. The van der Waals surface area contributed by atoms with Crippen LogP contribution in [0.1, 0.15) is 32.3 Å². The minimum atomic E-state index is -3.05. The van der Waals surface area contributed by atoms with Gasteiger partial charge in [-0.05, 0) is 37.5 Å². The van der Waals surface area contributed by atoms with Gasteiger partial charge in [0, 0.05) is 31.6 Å². The van der Waals surface area contributed by atoms with Gasteiger partial charge in [-0.15, -0.1) is 0 Å². The molecule has 1 saturated heterocycles. The van der Waals surface area contributed by atoms with Crippen LogP contribution in [-0.2, 0) is 16.1 Å². The van der Waals surface area contributed by atoms with Crippen molar-refractivity contribution >= 4 is 34.5 Å². The van der Waals surface area contributed by atoms with Crippen LogP contribution in [0.15, 0.2) is 37.1 Å². The Morgan fingerprint density at radius 1 is 1.15 bits per heavy atom. The molecule has 1 aliphatic heterocycles. The monoisotopic (exact) mass is 645 g/mol. The maximum Gasteiger partial charge on any atom is 0.333 e. The van der Waals surface area contributed by atoms with E-state index in [0.717, 1.165) is 6.07 Å². The zero-order chi connectivity index (χ0) is 33.3. The third-order valence-electron chi connectivity index (χ3n) is 7.74. The number of aliphatic hydroxyl groups excluding tert-OH is 1. The van der Waals surface area contributed by atoms with E-state index in [1.165, 1.54) is 38.8 Å². The molecule has 5 rings (SSSR count). The second-order valence-electron chi connectivity index (χ2n) is 11.1. The highest BCUT2D eigenvalue weighted by molar-refractivity contribution is 5.84. The van der Waals surface area contributed by atoms with Crippen LogP contribution in [0.2, 0.25) is 0 Å². The van der Waals surface area contributed by atoms with Crippen LogP contribution in [0.25, 0.3) is 22.4 Å². The number of nitrogens with one attached hydrogen (secondary N) is 1. The van der Waals surface area contributed by atoms with Crippen LogP contribution in [0, 0.1) is 11.6 Å². The molecule has 1 fully saturated rings. The highest BCUT2D eigenvalue weighted by Crippen LogP contribution is 2.35. The van der Waals surface area contributed by atoms with E-state index >= 15 is 8.78 Å². The molecule has 244 valence electrons. The first kappa shape index (κ1) is 32.5. The summed E-state index contributed by atoms with van der Waals surface area (Å²) < 4.78 is 64.1. The molecule has 4 heterocycles. The zero-order valence-corrected chi connectivity index (χ0v) is 24.8. The third kappa shape index (κ3) is 6.55. The predicted molar refractivity (Wildman–Crippen MR) is 158 cm³/mol. The summed E-state index contributed by atoms with van der Waals surface area (Å²) in [4.78, 5) is 42.0. The van der Waals surface area contributed by atoms with E-state index in [1.807, 2.05) is 0 Å². The summed E-state index contributed by atoms with van der Waals surface area (Å²) in [6, 6.07) is 1.89. The molecule has 3 aromatic heterocycles. The Kier molecular flexibility index (Phi) is 9.07. The Morgan fingerprint density at radius 2 is 1.91 bits per heavy atom. The second-order valence-corrected chi connectivity index (χ2v) is 11.1. The molecule has 4 aromatic rings. The Bertz CT molecular complexity index is 1790. The average molecular weight is 646 g/mol. The molecule has 0 saturated carbocycles. The van der Waals surface area contributed by atoms with E-state index in [2.05, 4.69) is 25.3 Å². The van der Waals surface area contributed by atoms with Crippen molar-refractivity contribution in [3.05, 3.63) is 54.2 Å². The van der Waals surface area contributed by atoms with Crippen LogP contribution >= 0.6 is 0 Å². The number of carbonyl (C=O) groups is 2. The van der Waals surface area contributed by atoms with Gasteiger partial charge in [0.25, 0.3) is 6.43 Å². The molecule has 1 aromatic carbocycles. The quantitative estimate of drug-likeness (QED) is 0.119. The van der Waals surface area contributed by atoms with Crippen LogP contribution < -0.4 is 26.4 Å². The van der Waals surface area contributed by atoms with E-state index in [4.69, 9.17) is 16.2 Å². The molecule has 1 aliphatic rings.